The average molecular weight is 822 g/mol. The van der Waals surface area contributed by atoms with E-state index in [2.05, 4.69) is 45.5 Å². The second kappa shape index (κ2) is 15.1. The van der Waals surface area contributed by atoms with E-state index in [-0.39, 0.29) is 29.4 Å². The van der Waals surface area contributed by atoms with Crippen molar-refractivity contribution in [1.29, 1.82) is 0 Å². The molecule has 0 amide bonds. The molecule has 8 aromatic rings. The van der Waals surface area contributed by atoms with Crippen LogP contribution >= 0.6 is 11.6 Å². The van der Waals surface area contributed by atoms with Crippen LogP contribution in [0.2, 0.25) is 5.02 Å². The number of pyridine rings is 1. The summed E-state index contributed by atoms with van der Waals surface area (Å²) in [6.45, 7) is 3.47. The number of nitrogen functional groups attached to an aromatic ring is 2. The van der Waals surface area contributed by atoms with Gasteiger partial charge in [-0.1, -0.05) is 11.6 Å². The van der Waals surface area contributed by atoms with Gasteiger partial charge < -0.3 is 22.1 Å². The number of hydrogen-bond donors (Lipinski definition) is 4. The molecular formula is C37H27ClF7N13. The maximum atomic E-state index is 13.6. The third-order valence-corrected chi connectivity index (χ3v) is 8.50. The monoisotopic (exact) mass is 821 g/mol. The summed E-state index contributed by atoms with van der Waals surface area (Å²) < 4.78 is 93.1. The molecule has 0 atom stereocenters. The average Bonchev–Trinajstić information content (AvgIpc) is 3.65. The maximum Gasteiger partial charge on any atom is 0.416 e. The number of imidazole rings is 2. The Morgan fingerprint density at radius 1 is 0.586 bits per heavy atom. The minimum absolute atomic E-state index is 0.107. The number of rotatable bonds is 6. The second-order valence-electron chi connectivity index (χ2n) is 12.5. The fourth-order valence-electron chi connectivity index (χ4n) is 5.74. The van der Waals surface area contributed by atoms with E-state index in [1.165, 1.54) is 47.0 Å². The molecule has 0 aliphatic rings. The fraction of sp³-hybridized carbons (Fsp3) is 0.108. The Hall–Kier alpha value is -7.09. The number of halogens is 8. The molecule has 0 bridgehead atoms. The van der Waals surface area contributed by atoms with Crippen LogP contribution in [-0.2, 0) is 12.4 Å². The molecule has 58 heavy (non-hydrogen) atoms. The smallest absolute Gasteiger partial charge is 0.383 e. The molecule has 0 spiro atoms. The summed E-state index contributed by atoms with van der Waals surface area (Å²) in [4.78, 5) is 29.8. The van der Waals surface area contributed by atoms with E-state index in [4.69, 9.17) is 23.1 Å². The minimum atomic E-state index is -4.42. The van der Waals surface area contributed by atoms with Crippen molar-refractivity contribution in [2.75, 3.05) is 22.1 Å². The molecule has 5 heterocycles. The Morgan fingerprint density at radius 3 is 1.57 bits per heavy atom. The molecule has 0 aliphatic heterocycles. The van der Waals surface area contributed by atoms with Gasteiger partial charge in [-0.15, -0.1) is 0 Å². The molecule has 3 aromatic carbocycles. The van der Waals surface area contributed by atoms with Crippen LogP contribution in [-0.4, -0.2) is 44.0 Å². The first kappa shape index (κ1) is 39.2. The van der Waals surface area contributed by atoms with E-state index in [1.807, 2.05) is 0 Å². The van der Waals surface area contributed by atoms with Gasteiger partial charge in [0, 0.05) is 34.6 Å². The Balaban J connectivity index is 0.000000177. The van der Waals surface area contributed by atoms with Crippen molar-refractivity contribution in [2.45, 2.75) is 26.2 Å². The van der Waals surface area contributed by atoms with Crippen molar-refractivity contribution in [3.8, 4) is 11.9 Å². The number of aromatic nitrogens is 9. The number of alkyl halides is 6. The Labute approximate surface area is 327 Å². The van der Waals surface area contributed by atoms with Crippen LogP contribution in [0.4, 0.5) is 65.4 Å². The minimum Gasteiger partial charge on any atom is -0.383 e. The fourth-order valence-corrected chi connectivity index (χ4v) is 5.90. The van der Waals surface area contributed by atoms with Gasteiger partial charge in [0.2, 0.25) is 11.9 Å². The van der Waals surface area contributed by atoms with E-state index in [9.17, 15) is 30.7 Å². The number of benzene rings is 3. The Bertz CT molecular complexity index is 2590. The van der Waals surface area contributed by atoms with E-state index in [0.717, 1.165) is 36.0 Å². The summed E-state index contributed by atoms with van der Waals surface area (Å²) >= 11 is 6.10. The third kappa shape index (κ3) is 8.50. The van der Waals surface area contributed by atoms with Crippen molar-refractivity contribution < 1.29 is 30.7 Å². The maximum absolute atomic E-state index is 13.6. The van der Waals surface area contributed by atoms with E-state index < -0.39 is 29.3 Å². The zero-order valence-electron chi connectivity index (χ0n) is 29.9. The van der Waals surface area contributed by atoms with Crippen LogP contribution in [0.5, 0.6) is 0 Å². The molecule has 0 aliphatic carbocycles. The van der Waals surface area contributed by atoms with Gasteiger partial charge in [0.25, 0.3) is 0 Å². The van der Waals surface area contributed by atoms with Gasteiger partial charge in [-0.3, -0.25) is 9.13 Å². The highest BCUT2D eigenvalue weighted by Crippen LogP contribution is 2.32. The molecule has 21 heteroatoms. The Kier molecular flexibility index (Phi) is 10.2. The lowest BCUT2D eigenvalue weighted by molar-refractivity contribution is -0.138. The Morgan fingerprint density at radius 2 is 1.07 bits per heavy atom. The van der Waals surface area contributed by atoms with Crippen LogP contribution < -0.4 is 22.1 Å². The van der Waals surface area contributed by atoms with Crippen molar-refractivity contribution in [1.82, 2.24) is 44.0 Å². The molecule has 8 rings (SSSR count). The summed E-state index contributed by atoms with van der Waals surface area (Å²) in [6, 6.07) is 18.5. The first-order valence-electron chi connectivity index (χ1n) is 16.7. The lowest BCUT2D eigenvalue weighted by Gasteiger charge is -2.11. The summed E-state index contributed by atoms with van der Waals surface area (Å²) in [7, 11) is 0. The van der Waals surface area contributed by atoms with Crippen molar-refractivity contribution in [2.24, 2.45) is 0 Å². The lowest BCUT2D eigenvalue weighted by Crippen LogP contribution is -2.08. The molecule has 0 saturated heterocycles. The first-order valence-corrected chi connectivity index (χ1v) is 17.1. The van der Waals surface area contributed by atoms with Gasteiger partial charge in [0.05, 0.1) is 33.9 Å². The number of fused-ring (bicyclic) bond motifs is 2. The molecule has 0 radical (unpaired) electrons. The summed E-state index contributed by atoms with van der Waals surface area (Å²) in [5.74, 6) is 1.80. The third-order valence-electron chi connectivity index (χ3n) is 8.27. The molecule has 296 valence electrons. The molecule has 0 saturated carbocycles. The van der Waals surface area contributed by atoms with Gasteiger partial charge in [0.1, 0.15) is 40.7 Å². The van der Waals surface area contributed by atoms with Gasteiger partial charge in [-0.2, -0.15) is 46.3 Å². The normalized spacial score (nSPS) is 11.8. The first-order chi connectivity index (χ1) is 27.4. The highest BCUT2D eigenvalue weighted by molar-refractivity contribution is 6.31. The second-order valence-corrected chi connectivity index (χ2v) is 12.9. The predicted octanol–water partition coefficient (Wildman–Crippen LogP) is 9.12. The highest BCUT2D eigenvalue weighted by Gasteiger charge is 2.31. The lowest BCUT2D eigenvalue weighted by atomic mass is 10.2. The molecule has 0 unspecified atom stereocenters. The quantitative estimate of drug-likeness (QED) is 0.118. The largest absolute Gasteiger partial charge is 0.416 e. The van der Waals surface area contributed by atoms with Crippen molar-refractivity contribution in [3.05, 3.63) is 125 Å². The van der Waals surface area contributed by atoms with Crippen LogP contribution in [0.15, 0.2) is 91.1 Å². The van der Waals surface area contributed by atoms with Crippen molar-refractivity contribution in [3.63, 3.8) is 0 Å². The van der Waals surface area contributed by atoms with Gasteiger partial charge in [-0.05, 0) is 80.6 Å². The number of hydrogen-bond acceptors (Lipinski definition) is 11. The summed E-state index contributed by atoms with van der Waals surface area (Å²) in [5.41, 5.74) is 13.2. The van der Waals surface area contributed by atoms with Crippen LogP contribution in [0.3, 0.4) is 0 Å². The highest BCUT2D eigenvalue weighted by atomic mass is 35.5. The van der Waals surface area contributed by atoms with Gasteiger partial charge in [0.15, 0.2) is 5.65 Å². The number of nitrogens with one attached hydrogen (secondary N) is 2. The number of nitrogens with zero attached hydrogens (tertiary/aromatic N) is 9. The molecule has 0 fully saturated rings. The van der Waals surface area contributed by atoms with E-state index >= 15 is 0 Å². The van der Waals surface area contributed by atoms with E-state index in [0.29, 0.717) is 50.5 Å². The molecule has 13 nitrogen and oxygen atoms in total. The van der Waals surface area contributed by atoms with Gasteiger partial charge in [-0.25, -0.2) is 19.3 Å². The predicted molar refractivity (Wildman–Crippen MR) is 204 cm³/mol. The van der Waals surface area contributed by atoms with Gasteiger partial charge >= 0.3 is 12.4 Å². The topological polar surface area (TPSA) is 176 Å². The SMILES string of the molecule is Cc1nc2ccc(Cl)cc2n1-c1nc(N)cc(Nc2ccc(C(F)(F)F)cc2)n1.Cc1nc2ncc(F)cc2n1-c1nc(N)cc(Nc2ccc(C(F)(F)F)cc2)n1. The van der Waals surface area contributed by atoms with Crippen LogP contribution in [0.1, 0.15) is 22.8 Å². The van der Waals surface area contributed by atoms with Crippen LogP contribution in [0.25, 0.3) is 34.1 Å². The van der Waals surface area contributed by atoms with E-state index in [1.54, 1.807) is 36.6 Å². The number of nitrogens with two attached hydrogens (primary N) is 2. The molecule has 6 N–H and O–H groups in total. The van der Waals surface area contributed by atoms with Crippen molar-refractivity contribution >= 4 is 68.4 Å². The molecule has 5 aromatic heterocycles. The summed E-state index contributed by atoms with van der Waals surface area (Å²) in [6.07, 6.45) is -7.77. The zero-order chi connectivity index (χ0) is 41.5. The van der Waals surface area contributed by atoms with Crippen LogP contribution in [0, 0.1) is 19.7 Å². The number of anilines is 6. The zero-order valence-corrected chi connectivity index (χ0v) is 30.6. The number of aryl methyl sites for hydroxylation is 2. The summed E-state index contributed by atoms with van der Waals surface area (Å²) in [5, 5.41) is 6.36. The molecular weight excluding hydrogens is 795 g/mol. The standard InChI is InChI=1S/C19H14ClF3N6.C18H13F4N7/c1-10-25-14-7-4-12(20)8-15(14)29(10)18-27-16(24)9-17(28-18)26-13-5-2-11(3-6-13)19(21,22)23;1-9-25-16-13(6-11(19)8-24-16)29(9)17-27-14(23)7-15(28-17)26-12-4-2-10(3-5-12)18(20,21)22/h2-9H,1H3,(H3,24,26,27,28);2-8H,1H3,(H3,23,26,27,28).